The average Bonchev–Trinajstić information content (AvgIpc) is 3.26. The molecule has 4 rings (SSSR count). The van der Waals surface area contributed by atoms with Crippen molar-refractivity contribution in [3.63, 3.8) is 0 Å². The van der Waals surface area contributed by atoms with Crippen molar-refractivity contribution >= 4 is 23.3 Å². The molecule has 1 aliphatic carbocycles. The average molecular weight is 367 g/mol. The van der Waals surface area contributed by atoms with Gasteiger partial charge in [0.25, 0.3) is 5.56 Å². The number of esters is 1. The van der Waals surface area contributed by atoms with Crippen molar-refractivity contribution in [2.24, 2.45) is 0 Å². The van der Waals surface area contributed by atoms with Gasteiger partial charge in [-0.1, -0.05) is 6.07 Å². The molecule has 0 spiro atoms. The molecule has 2 amide bonds. The van der Waals surface area contributed by atoms with Gasteiger partial charge in [0.15, 0.2) is 0 Å². The zero-order chi connectivity index (χ0) is 19.1. The Bertz CT molecular complexity index is 1130. The maximum atomic E-state index is 12.3. The first kappa shape index (κ1) is 16.8. The Balaban J connectivity index is 1.92. The fourth-order valence-electron chi connectivity index (χ4n) is 3.52. The Kier molecular flexibility index (Phi) is 3.91. The summed E-state index contributed by atoms with van der Waals surface area (Å²) >= 11 is 0. The van der Waals surface area contributed by atoms with Crippen LogP contribution in [0.5, 0.6) is 0 Å². The van der Waals surface area contributed by atoms with Gasteiger partial charge in [0.2, 0.25) is 5.65 Å². The molecule has 9 nitrogen and oxygen atoms in total. The molecule has 2 aromatic heterocycles. The molecule has 9 heteroatoms. The van der Waals surface area contributed by atoms with Gasteiger partial charge in [-0.3, -0.25) is 14.0 Å². The number of carbonyl (C=O) groups excluding carboxylic acids is 2. The molecule has 1 aliphatic rings. The number of urea groups is 1. The van der Waals surface area contributed by atoms with Crippen LogP contribution >= 0.6 is 0 Å². The smallest absolute Gasteiger partial charge is 0.318 e. The zero-order valence-electron chi connectivity index (χ0n) is 14.7. The van der Waals surface area contributed by atoms with E-state index in [1.54, 1.807) is 28.9 Å². The van der Waals surface area contributed by atoms with Crippen molar-refractivity contribution in [3.05, 3.63) is 52.2 Å². The van der Waals surface area contributed by atoms with Crippen LogP contribution in [-0.4, -0.2) is 40.5 Å². The maximum Gasteiger partial charge on any atom is 0.318 e. The predicted molar refractivity (Wildman–Crippen MR) is 97.8 cm³/mol. The molecule has 1 aromatic carbocycles. The SMILES string of the molecule is CNC(=O)Nc1ccc2c(c1)C(CC(=O)OC)c1c-2[nH]c(=O)c2nccn12. The van der Waals surface area contributed by atoms with Gasteiger partial charge < -0.3 is 20.4 Å². The monoisotopic (exact) mass is 367 g/mol. The molecule has 138 valence electrons. The number of rotatable bonds is 3. The third-order valence-electron chi connectivity index (χ3n) is 4.71. The second-order valence-corrected chi connectivity index (χ2v) is 6.17. The molecule has 3 aromatic rings. The number of nitrogens with zero attached hydrogens (tertiary/aromatic N) is 2. The lowest BCUT2D eigenvalue weighted by Crippen LogP contribution is -2.24. The molecule has 0 fully saturated rings. The van der Waals surface area contributed by atoms with Crippen LogP contribution in [-0.2, 0) is 9.53 Å². The van der Waals surface area contributed by atoms with Crippen LogP contribution in [0.15, 0.2) is 35.4 Å². The highest BCUT2D eigenvalue weighted by Gasteiger charge is 2.34. The summed E-state index contributed by atoms with van der Waals surface area (Å²) in [5, 5.41) is 5.22. The molecule has 2 heterocycles. The Hall–Kier alpha value is -3.62. The van der Waals surface area contributed by atoms with Crippen LogP contribution in [0.25, 0.3) is 16.9 Å². The van der Waals surface area contributed by atoms with E-state index in [9.17, 15) is 14.4 Å². The number of ether oxygens (including phenoxy) is 1. The number of methoxy groups -OCH3 is 1. The molecule has 0 aliphatic heterocycles. The van der Waals surface area contributed by atoms with E-state index in [0.717, 1.165) is 16.8 Å². The van der Waals surface area contributed by atoms with E-state index in [-0.39, 0.29) is 35.5 Å². The van der Waals surface area contributed by atoms with Crippen LogP contribution in [0.2, 0.25) is 0 Å². The first-order valence-corrected chi connectivity index (χ1v) is 8.32. The first-order valence-electron chi connectivity index (χ1n) is 8.32. The number of fused-ring (bicyclic) bond motifs is 5. The molecular formula is C18H17N5O4. The minimum Gasteiger partial charge on any atom is -0.469 e. The summed E-state index contributed by atoms with van der Waals surface area (Å²) in [4.78, 5) is 43.0. The van der Waals surface area contributed by atoms with Crippen molar-refractivity contribution in [2.75, 3.05) is 19.5 Å². The van der Waals surface area contributed by atoms with Crippen molar-refractivity contribution in [3.8, 4) is 11.3 Å². The minimum atomic E-state index is -0.372. The number of hydrogen-bond donors (Lipinski definition) is 3. The molecular weight excluding hydrogens is 350 g/mol. The number of hydrogen-bond acceptors (Lipinski definition) is 5. The summed E-state index contributed by atoms with van der Waals surface area (Å²) < 4.78 is 6.56. The molecule has 0 saturated heterocycles. The quantitative estimate of drug-likeness (QED) is 0.606. The molecule has 0 radical (unpaired) electrons. The Morgan fingerprint density at radius 1 is 1.37 bits per heavy atom. The highest BCUT2D eigenvalue weighted by Crippen LogP contribution is 2.46. The summed E-state index contributed by atoms with van der Waals surface area (Å²) in [5.41, 5.74) is 3.56. The Labute approximate surface area is 153 Å². The second kappa shape index (κ2) is 6.27. The van der Waals surface area contributed by atoms with E-state index in [1.165, 1.54) is 14.2 Å². The number of amides is 2. The van der Waals surface area contributed by atoms with Gasteiger partial charge in [-0.25, -0.2) is 9.78 Å². The molecule has 1 unspecified atom stereocenters. The molecule has 27 heavy (non-hydrogen) atoms. The third kappa shape index (κ3) is 2.64. The van der Waals surface area contributed by atoms with Gasteiger partial charge in [0.1, 0.15) is 0 Å². The van der Waals surface area contributed by atoms with Crippen molar-refractivity contribution < 1.29 is 14.3 Å². The summed E-state index contributed by atoms with van der Waals surface area (Å²) in [6.45, 7) is 0. The van der Waals surface area contributed by atoms with Crippen molar-refractivity contribution in [2.45, 2.75) is 12.3 Å². The Morgan fingerprint density at radius 2 is 2.19 bits per heavy atom. The topological polar surface area (TPSA) is 118 Å². The fraction of sp³-hybridized carbons (Fsp3) is 0.222. The predicted octanol–water partition coefficient (Wildman–Crippen LogP) is 1.45. The number of anilines is 1. The van der Waals surface area contributed by atoms with Gasteiger partial charge in [0, 0.05) is 36.6 Å². The fourth-order valence-corrected chi connectivity index (χ4v) is 3.52. The standard InChI is InChI=1S/C18H17N5O4/c1-19-18(26)21-9-3-4-10-11(7-9)12(8-13(24)27-2)15-14(10)22-17(25)16-20-5-6-23(15)16/h3-7,12H,8H2,1-2H3,(H,22,25)(H2,19,21,26). The van der Waals surface area contributed by atoms with Gasteiger partial charge in [-0.05, 0) is 17.7 Å². The van der Waals surface area contributed by atoms with E-state index in [1.807, 2.05) is 6.07 Å². The lowest BCUT2D eigenvalue weighted by Gasteiger charge is -2.14. The van der Waals surface area contributed by atoms with Gasteiger partial charge in [-0.2, -0.15) is 0 Å². The largest absolute Gasteiger partial charge is 0.469 e. The van der Waals surface area contributed by atoms with E-state index in [4.69, 9.17) is 4.74 Å². The van der Waals surface area contributed by atoms with E-state index in [0.29, 0.717) is 11.4 Å². The van der Waals surface area contributed by atoms with Crippen molar-refractivity contribution in [1.82, 2.24) is 19.7 Å². The molecule has 0 bridgehead atoms. The molecule has 3 N–H and O–H groups in total. The number of aromatic amines is 1. The van der Waals surface area contributed by atoms with Crippen LogP contribution < -0.4 is 16.2 Å². The highest BCUT2D eigenvalue weighted by molar-refractivity contribution is 5.90. The van der Waals surface area contributed by atoms with E-state index in [2.05, 4.69) is 20.6 Å². The number of H-pyrrole nitrogens is 1. The number of aromatic nitrogens is 3. The van der Waals surface area contributed by atoms with E-state index >= 15 is 0 Å². The summed E-state index contributed by atoms with van der Waals surface area (Å²) in [5.74, 6) is -0.717. The molecule has 0 saturated carbocycles. The van der Waals surface area contributed by atoms with Crippen molar-refractivity contribution in [1.29, 1.82) is 0 Å². The van der Waals surface area contributed by atoms with E-state index < -0.39 is 0 Å². The summed E-state index contributed by atoms with van der Waals surface area (Å²) in [6.07, 6.45) is 3.34. The summed E-state index contributed by atoms with van der Waals surface area (Å²) in [6, 6.07) is 5.02. The van der Waals surface area contributed by atoms with Gasteiger partial charge in [-0.15, -0.1) is 0 Å². The number of benzene rings is 1. The van der Waals surface area contributed by atoms with Gasteiger partial charge in [0.05, 0.1) is 24.9 Å². The second-order valence-electron chi connectivity index (χ2n) is 6.17. The minimum absolute atomic E-state index is 0.0965. The van der Waals surface area contributed by atoms with Crippen LogP contribution in [0.1, 0.15) is 23.6 Å². The lowest BCUT2D eigenvalue weighted by molar-refractivity contribution is -0.140. The zero-order valence-corrected chi connectivity index (χ0v) is 14.7. The number of nitrogens with one attached hydrogen (secondary N) is 3. The van der Waals surface area contributed by atoms with Crippen LogP contribution in [0.3, 0.4) is 0 Å². The normalized spacial score (nSPS) is 14.5. The Morgan fingerprint density at radius 3 is 2.93 bits per heavy atom. The van der Waals surface area contributed by atoms with Crippen LogP contribution in [0, 0.1) is 0 Å². The first-order chi connectivity index (χ1) is 13.0. The lowest BCUT2D eigenvalue weighted by atomic mass is 9.96. The number of carbonyl (C=O) groups is 2. The van der Waals surface area contributed by atoms with Gasteiger partial charge >= 0.3 is 12.0 Å². The maximum absolute atomic E-state index is 12.3. The number of imidazole rings is 1. The van der Waals surface area contributed by atoms with Crippen LogP contribution in [0.4, 0.5) is 10.5 Å². The summed E-state index contributed by atoms with van der Waals surface area (Å²) in [7, 11) is 2.86. The molecule has 1 atom stereocenters. The highest BCUT2D eigenvalue weighted by atomic mass is 16.5. The third-order valence-corrected chi connectivity index (χ3v) is 4.71.